The Kier molecular flexibility index (Phi) is 11.2. The number of carbonyl (C=O) groups excluding carboxylic acids is 3. The van der Waals surface area contributed by atoms with Crippen LogP contribution >= 0.6 is 27.7 Å². The van der Waals surface area contributed by atoms with Crippen molar-refractivity contribution in [2.24, 2.45) is 0 Å². The molecule has 1 aromatic heterocycles. The molecule has 10 heteroatoms. The first-order valence-corrected chi connectivity index (χ1v) is 12.1. The largest absolute Gasteiger partial charge is 0.469 e. The maximum Gasteiger partial charge on any atom is 0.305 e. The molecule has 0 aliphatic heterocycles. The summed E-state index contributed by atoms with van der Waals surface area (Å²) >= 11 is 4.79. The Balaban J connectivity index is 2.10. The molecule has 0 saturated carbocycles. The van der Waals surface area contributed by atoms with E-state index in [-0.39, 0.29) is 24.0 Å². The van der Waals surface area contributed by atoms with Gasteiger partial charge in [0.2, 0.25) is 5.91 Å². The van der Waals surface area contributed by atoms with E-state index >= 15 is 0 Å². The van der Waals surface area contributed by atoms with Crippen LogP contribution in [0.5, 0.6) is 0 Å². The zero-order chi connectivity index (χ0) is 23.3. The Hall–Kier alpha value is -2.46. The van der Waals surface area contributed by atoms with Crippen LogP contribution < -0.4 is 10.6 Å². The number of carbonyl (C=O) groups is 3. The van der Waals surface area contributed by atoms with Crippen LogP contribution in [0.4, 0.5) is 0 Å². The fraction of sp³-hybridized carbons (Fsp3) is 0.409. The highest BCUT2D eigenvalue weighted by Gasteiger charge is 2.24. The quantitative estimate of drug-likeness (QED) is 0.190. The van der Waals surface area contributed by atoms with Crippen molar-refractivity contribution in [2.45, 2.75) is 43.8 Å². The lowest BCUT2D eigenvalue weighted by Crippen LogP contribution is -2.48. The van der Waals surface area contributed by atoms with Crippen molar-refractivity contribution < 1.29 is 19.1 Å². The van der Waals surface area contributed by atoms with Crippen molar-refractivity contribution >= 4 is 45.5 Å². The van der Waals surface area contributed by atoms with E-state index in [1.165, 1.54) is 18.9 Å². The highest BCUT2D eigenvalue weighted by Crippen LogP contribution is 2.19. The van der Waals surface area contributed by atoms with Gasteiger partial charge in [-0.3, -0.25) is 14.4 Å². The third-order valence-electron chi connectivity index (χ3n) is 4.36. The van der Waals surface area contributed by atoms with Crippen LogP contribution in [0, 0.1) is 0 Å². The first-order valence-electron chi connectivity index (χ1n) is 10.3. The van der Waals surface area contributed by atoms with Crippen LogP contribution in [0.25, 0.3) is 0 Å². The standard InChI is InChI=1S/C22H27BrN4O4S/c1-3-12-32-22-25-14-16(23)19(27-22)21(30)26-17(13-15-8-5-4-6-9-15)20(29)24-11-7-10-18(28)31-2/h4-6,8-9,14,17H,3,7,10-13H2,1-2H3,(H,24,29)(H,26,30). The molecule has 0 saturated heterocycles. The second kappa shape index (κ2) is 13.8. The Morgan fingerprint density at radius 1 is 1.22 bits per heavy atom. The lowest BCUT2D eigenvalue weighted by molar-refractivity contribution is -0.140. The molecule has 1 atom stereocenters. The summed E-state index contributed by atoms with van der Waals surface area (Å²) in [5.74, 6) is -0.298. The van der Waals surface area contributed by atoms with Gasteiger partial charge in [-0.05, 0) is 34.3 Å². The van der Waals surface area contributed by atoms with Crippen LogP contribution in [0.3, 0.4) is 0 Å². The highest BCUT2D eigenvalue weighted by atomic mass is 79.9. The number of esters is 1. The number of ether oxygens (including phenoxy) is 1. The predicted octanol–water partition coefficient (Wildman–Crippen LogP) is 3.15. The molecule has 0 radical (unpaired) electrons. The van der Waals surface area contributed by atoms with E-state index in [0.717, 1.165) is 17.7 Å². The third kappa shape index (κ3) is 8.58. The van der Waals surface area contributed by atoms with Gasteiger partial charge in [-0.25, -0.2) is 9.97 Å². The van der Waals surface area contributed by atoms with Gasteiger partial charge in [0.1, 0.15) is 11.7 Å². The van der Waals surface area contributed by atoms with Gasteiger partial charge >= 0.3 is 5.97 Å². The summed E-state index contributed by atoms with van der Waals surface area (Å²) in [6.45, 7) is 2.35. The van der Waals surface area contributed by atoms with Crippen molar-refractivity contribution in [1.29, 1.82) is 0 Å². The molecular formula is C22H27BrN4O4S. The number of halogens is 1. The van der Waals surface area contributed by atoms with Crippen molar-refractivity contribution in [1.82, 2.24) is 20.6 Å². The van der Waals surface area contributed by atoms with Gasteiger partial charge in [0, 0.05) is 31.3 Å². The topological polar surface area (TPSA) is 110 Å². The average Bonchev–Trinajstić information content (AvgIpc) is 2.81. The van der Waals surface area contributed by atoms with Crippen LogP contribution in [-0.4, -0.2) is 53.2 Å². The van der Waals surface area contributed by atoms with Gasteiger partial charge < -0.3 is 15.4 Å². The minimum absolute atomic E-state index is 0.176. The Morgan fingerprint density at radius 2 is 1.97 bits per heavy atom. The normalized spacial score (nSPS) is 11.5. The van der Waals surface area contributed by atoms with Crippen molar-refractivity contribution in [3.8, 4) is 0 Å². The summed E-state index contributed by atoms with van der Waals surface area (Å²) in [6.07, 6.45) is 3.47. The molecule has 1 heterocycles. The van der Waals surface area contributed by atoms with E-state index in [9.17, 15) is 14.4 Å². The Bertz CT molecular complexity index is 914. The summed E-state index contributed by atoms with van der Waals surface area (Å²) in [5, 5.41) is 6.08. The number of benzene rings is 1. The minimum atomic E-state index is -0.809. The van der Waals surface area contributed by atoms with Crippen molar-refractivity contribution in [3.63, 3.8) is 0 Å². The van der Waals surface area contributed by atoms with E-state index in [1.807, 2.05) is 30.3 Å². The predicted molar refractivity (Wildman–Crippen MR) is 126 cm³/mol. The van der Waals surface area contributed by atoms with Gasteiger partial charge in [-0.15, -0.1) is 0 Å². The number of aromatic nitrogens is 2. The monoisotopic (exact) mass is 522 g/mol. The Morgan fingerprint density at radius 3 is 2.66 bits per heavy atom. The summed E-state index contributed by atoms with van der Waals surface area (Å²) in [7, 11) is 1.32. The van der Waals surface area contributed by atoms with E-state index in [0.29, 0.717) is 29.0 Å². The lowest BCUT2D eigenvalue weighted by Gasteiger charge is -2.19. The van der Waals surface area contributed by atoms with Crippen LogP contribution in [0.2, 0.25) is 0 Å². The summed E-state index contributed by atoms with van der Waals surface area (Å²) in [5.41, 5.74) is 1.08. The summed E-state index contributed by atoms with van der Waals surface area (Å²) in [6, 6.07) is 8.61. The Labute approximate surface area is 200 Å². The second-order valence-corrected chi connectivity index (χ2v) is 8.80. The second-order valence-electron chi connectivity index (χ2n) is 6.88. The summed E-state index contributed by atoms with van der Waals surface area (Å²) < 4.78 is 5.06. The van der Waals surface area contributed by atoms with E-state index in [2.05, 4.69) is 48.2 Å². The van der Waals surface area contributed by atoms with E-state index < -0.39 is 11.9 Å². The molecule has 0 spiro atoms. The fourth-order valence-electron chi connectivity index (χ4n) is 2.73. The summed E-state index contributed by atoms with van der Waals surface area (Å²) in [4.78, 5) is 45.6. The number of nitrogens with one attached hydrogen (secondary N) is 2. The number of rotatable bonds is 12. The molecule has 2 amide bonds. The first-order chi connectivity index (χ1) is 15.4. The molecule has 0 aliphatic rings. The highest BCUT2D eigenvalue weighted by molar-refractivity contribution is 9.10. The number of thioether (sulfide) groups is 1. The molecule has 1 aromatic carbocycles. The molecule has 0 aliphatic carbocycles. The SMILES string of the molecule is CCCSc1ncc(Br)c(C(=O)NC(Cc2ccccc2)C(=O)NCCCC(=O)OC)n1. The molecule has 8 nitrogen and oxygen atoms in total. The molecule has 172 valence electrons. The zero-order valence-corrected chi connectivity index (χ0v) is 20.5. The average molecular weight is 523 g/mol. The minimum Gasteiger partial charge on any atom is -0.469 e. The maximum atomic E-state index is 13.0. The van der Waals surface area contributed by atoms with Gasteiger partial charge in [0.05, 0.1) is 11.6 Å². The van der Waals surface area contributed by atoms with Gasteiger partial charge in [0.15, 0.2) is 5.16 Å². The molecule has 0 bridgehead atoms. The fourth-order valence-corrected chi connectivity index (χ4v) is 3.77. The van der Waals surface area contributed by atoms with Gasteiger partial charge in [-0.2, -0.15) is 0 Å². The molecule has 2 N–H and O–H groups in total. The van der Waals surface area contributed by atoms with Crippen molar-refractivity contribution in [2.75, 3.05) is 19.4 Å². The molecule has 0 fully saturated rings. The number of hydrogen-bond acceptors (Lipinski definition) is 7. The van der Waals surface area contributed by atoms with Gasteiger partial charge in [0.25, 0.3) is 5.91 Å². The van der Waals surface area contributed by atoms with Gasteiger partial charge in [-0.1, -0.05) is 49.0 Å². The van der Waals surface area contributed by atoms with Crippen LogP contribution in [0.15, 0.2) is 46.2 Å². The molecular weight excluding hydrogens is 496 g/mol. The smallest absolute Gasteiger partial charge is 0.305 e. The maximum absolute atomic E-state index is 13.0. The first kappa shape index (κ1) is 25.8. The number of methoxy groups -OCH3 is 1. The molecule has 2 rings (SSSR count). The van der Waals surface area contributed by atoms with Crippen LogP contribution in [-0.2, 0) is 20.7 Å². The molecule has 1 unspecified atom stereocenters. The number of hydrogen-bond donors (Lipinski definition) is 2. The third-order valence-corrected chi connectivity index (χ3v) is 6.01. The number of nitrogens with zero attached hydrogens (tertiary/aromatic N) is 2. The molecule has 32 heavy (non-hydrogen) atoms. The van der Waals surface area contributed by atoms with E-state index in [4.69, 9.17) is 0 Å². The van der Waals surface area contributed by atoms with Crippen LogP contribution in [0.1, 0.15) is 42.2 Å². The lowest BCUT2D eigenvalue weighted by atomic mass is 10.0. The molecule has 2 aromatic rings. The van der Waals surface area contributed by atoms with Crippen molar-refractivity contribution in [3.05, 3.63) is 52.3 Å². The number of amides is 2. The van der Waals surface area contributed by atoms with E-state index in [1.54, 1.807) is 6.20 Å². The zero-order valence-electron chi connectivity index (χ0n) is 18.1.